The van der Waals surface area contributed by atoms with Crippen molar-refractivity contribution < 1.29 is 14.0 Å². The van der Waals surface area contributed by atoms with Gasteiger partial charge in [-0.1, -0.05) is 17.7 Å². The Labute approximate surface area is 120 Å². The monoisotopic (exact) mass is 304 g/mol. The molecule has 0 saturated heterocycles. The number of rotatable bonds is 5. The largest absolute Gasteiger partial charge is 0.341 e. The van der Waals surface area contributed by atoms with Gasteiger partial charge in [0, 0.05) is 30.0 Å². The molecule has 1 aromatic rings. The van der Waals surface area contributed by atoms with E-state index in [1.165, 1.54) is 30.9 Å². The quantitative estimate of drug-likeness (QED) is 0.822. The van der Waals surface area contributed by atoms with Gasteiger partial charge in [-0.15, -0.1) is 0 Å². The summed E-state index contributed by atoms with van der Waals surface area (Å²) in [4.78, 5) is 22.1. The minimum absolute atomic E-state index is 0.233. The first-order valence-corrected chi connectivity index (χ1v) is 7.09. The lowest BCUT2D eigenvalue weighted by Gasteiger charge is -2.05. The highest BCUT2D eigenvalue weighted by Crippen LogP contribution is 2.22. The first kappa shape index (κ1) is 15.8. The summed E-state index contributed by atoms with van der Waals surface area (Å²) in [5.74, 6) is 0.434. The fourth-order valence-corrected chi connectivity index (χ4v) is 2.50. The molecule has 0 saturated carbocycles. The molecule has 0 aromatic heterocycles. The highest BCUT2D eigenvalue weighted by Gasteiger charge is 2.06. The number of hydrogen-bond acceptors (Lipinski definition) is 3. The van der Waals surface area contributed by atoms with Gasteiger partial charge in [-0.2, -0.15) is 11.8 Å². The van der Waals surface area contributed by atoms with E-state index in [-0.39, 0.29) is 18.1 Å². The maximum absolute atomic E-state index is 12.8. The summed E-state index contributed by atoms with van der Waals surface area (Å²) in [7, 11) is 1.44. The molecule has 4 nitrogen and oxygen atoms in total. The number of urea groups is 1. The Morgan fingerprint density at radius 3 is 2.79 bits per heavy atom. The lowest BCUT2D eigenvalue weighted by molar-refractivity contribution is -0.119. The molecule has 1 rings (SSSR count). The van der Waals surface area contributed by atoms with Gasteiger partial charge in [0.1, 0.15) is 5.82 Å². The average molecular weight is 305 g/mol. The van der Waals surface area contributed by atoms with E-state index >= 15 is 0 Å². The van der Waals surface area contributed by atoms with Gasteiger partial charge in [-0.3, -0.25) is 10.1 Å². The fourth-order valence-electron chi connectivity index (χ4n) is 1.24. The van der Waals surface area contributed by atoms with Crippen molar-refractivity contribution in [1.29, 1.82) is 0 Å². The van der Waals surface area contributed by atoms with Gasteiger partial charge < -0.3 is 5.32 Å². The molecule has 0 heterocycles. The number of thioether (sulfide) groups is 1. The predicted molar refractivity (Wildman–Crippen MR) is 74.8 cm³/mol. The Kier molecular flexibility index (Phi) is 6.66. The molecule has 3 amide bonds. The zero-order chi connectivity index (χ0) is 14.3. The van der Waals surface area contributed by atoms with Gasteiger partial charge in [-0.05, 0) is 17.7 Å². The van der Waals surface area contributed by atoms with Gasteiger partial charge in [0.15, 0.2) is 0 Å². The number of nitrogens with one attached hydrogen (secondary N) is 2. The van der Waals surface area contributed by atoms with Crippen LogP contribution in [-0.4, -0.2) is 24.7 Å². The Morgan fingerprint density at radius 2 is 2.16 bits per heavy atom. The first-order chi connectivity index (χ1) is 9.02. The van der Waals surface area contributed by atoms with E-state index in [2.05, 4.69) is 10.6 Å². The van der Waals surface area contributed by atoms with Crippen LogP contribution in [0, 0.1) is 5.82 Å². The number of carbonyl (C=O) groups is 2. The van der Waals surface area contributed by atoms with E-state index in [0.717, 1.165) is 5.56 Å². The van der Waals surface area contributed by atoms with Crippen molar-refractivity contribution >= 4 is 35.3 Å². The molecule has 0 atom stereocenters. The van der Waals surface area contributed by atoms with Crippen LogP contribution in [0.1, 0.15) is 12.0 Å². The van der Waals surface area contributed by atoms with E-state index in [1.54, 1.807) is 6.07 Å². The maximum Gasteiger partial charge on any atom is 0.321 e. The van der Waals surface area contributed by atoms with E-state index in [4.69, 9.17) is 11.6 Å². The van der Waals surface area contributed by atoms with Gasteiger partial charge in [0.05, 0.1) is 0 Å². The summed E-state index contributed by atoms with van der Waals surface area (Å²) in [6.45, 7) is 0. The van der Waals surface area contributed by atoms with Gasteiger partial charge in [0.25, 0.3) is 0 Å². The van der Waals surface area contributed by atoms with Crippen molar-refractivity contribution in [2.24, 2.45) is 0 Å². The van der Waals surface area contributed by atoms with Gasteiger partial charge in [0.2, 0.25) is 5.91 Å². The molecule has 0 spiro atoms. The normalized spacial score (nSPS) is 10.1. The van der Waals surface area contributed by atoms with Gasteiger partial charge in [-0.25, -0.2) is 9.18 Å². The molecule has 0 aliphatic heterocycles. The van der Waals surface area contributed by atoms with E-state index < -0.39 is 6.03 Å². The number of carbonyl (C=O) groups excluding carboxylic acids is 2. The third-order valence-corrected chi connectivity index (χ3v) is 3.59. The van der Waals surface area contributed by atoms with E-state index in [1.807, 2.05) is 0 Å². The topological polar surface area (TPSA) is 58.2 Å². The summed E-state index contributed by atoms with van der Waals surface area (Å²) in [5, 5.41) is 4.84. The Hall–Kier alpha value is -1.27. The second-order valence-corrected chi connectivity index (χ2v) is 5.18. The Bertz CT molecular complexity index is 471. The van der Waals surface area contributed by atoms with Crippen LogP contribution in [0.4, 0.5) is 9.18 Å². The van der Waals surface area contributed by atoms with Crippen molar-refractivity contribution in [3.63, 3.8) is 0 Å². The number of imide groups is 1. The van der Waals surface area contributed by atoms with Crippen molar-refractivity contribution in [3.8, 4) is 0 Å². The molecule has 1 aromatic carbocycles. The highest BCUT2D eigenvalue weighted by atomic mass is 35.5. The molecular weight excluding hydrogens is 291 g/mol. The molecule has 0 aliphatic carbocycles. The summed E-state index contributed by atoms with van der Waals surface area (Å²) in [6.07, 6.45) is 0.233. The number of halogens is 2. The van der Waals surface area contributed by atoms with E-state index in [0.29, 0.717) is 16.5 Å². The van der Waals surface area contributed by atoms with Crippen LogP contribution < -0.4 is 10.6 Å². The van der Waals surface area contributed by atoms with Crippen molar-refractivity contribution in [3.05, 3.63) is 34.6 Å². The summed E-state index contributed by atoms with van der Waals surface area (Å²) >= 11 is 7.36. The molecule has 0 aliphatic rings. The minimum atomic E-state index is -0.517. The van der Waals surface area contributed by atoms with Crippen LogP contribution in [0.15, 0.2) is 18.2 Å². The molecule has 0 bridgehead atoms. The average Bonchev–Trinajstić information content (AvgIpc) is 2.36. The maximum atomic E-state index is 12.8. The SMILES string of the molecule is CNC(=O)NC(=O)CCSCc1ccc(F)cc1Cl. The second-order valence-electron chi connectivity index (χ2n) is 3.67. The van der Waals surface area contributed by atoms with Crippen LogP contribution in [0.5, 0.6) is 0 Å². The van der Waals surface area contributed by atoms with Crippen LogP contribution >= 0.6 is 23.4 Å². The fraction of sp³-hybridized carbons (Fsp3) is 0.333. The highest BCUT2D eigenvalue weighted by molar-refractivity contribution is 7.98. The smallest absolute Gasteiger partial charge is 0.321 e. The summed E-state index contributed by atoms with van der Waals surface area (Å²) < 4.78 is 12.8. The van der Waals surface area contributed by atoms with Crippen molar-refractivity contribution in [1.82, 2.24) is 10.6 Å². The molecule has 0 fully saturated rings. The van der Waals surface area contributed by atoms with E-state index in [9.17, 15) is 14.0 Å². The third kappa shape index (κ3) is 5.94. The number of hydrogen-bond donors (Lipinski definition) is 2. The standard InChI is InChI=1S/C12H14ClFN2O2S/c1-15-12(18)16-11(17)4-5-19-7-8-2-3-9(14)6-10(8)13/h2-3,6H,4-5,7H2,1H3,(H2,15,16,17,18). The Morgan fingerprint density at radius 1 is 1.42 bits per heavy atom. The summed E-state index contributed by atoms with van der Waals surface area (Å²) in [6, 6.07) is 3.71. The van der Waals surface area contributed by atoms with Gasteiger partial charge >= 0.3 is 6.03 Å². The molecular formula is C12H14ClFN2O2S. The second kappa shape index (κ2) is 8.01. The number of benzene rings is 1. The minimum Gasteiger partial charge on any atom is -0.341 e. The molecule has 7 heteroatoms. The lowest BCUT2D eigenvalue weighted by Crippen LogP contribution is -2.37. The molecule has 2 N–H and O–H groups in total. The van der Waals surface area contributed by atoms with Crippen LogP contribution in [0.3, 0.4) is 0 Å². The third-order valence-electron chi connectivity index (χ3n) is 2.23. The van der Waals surface area contributed by atoms with Crippen molar-refractivity contribution in [2.75, 3.05) is 12.8 Å². The molecule has 0 unspecified atom stereocenters. The molecule has 19 heavy (non-hydrogen) atoms. The molecule has 104 valence electrons. The zero-order valence-corrected chi connectivity index (χ0v) is 11.9. The van der Waals surface area contributed by atoms with Crippen LogP contribution in [0.2, 0.25) is 5.02 Å². The molecule has 0 radical (unpaired) electrons. The summed E-state index contributed by atoms with van der Waals surface area (Å²) in [5.41, 5.74) is 0.819. The first-order valence-electron chi connectivity index (χ1n) is 5.56. The number of amides is 3. The lowest BCUT2D eigenvalue weighted by atomic mass is 10.2. The van der Waals surface area contributed by atoms with Crippen LogP contribution in [0.25, 0.3) is 0 Å². The van der Waals surface area contributed by atoms with Crippen molar-refractivity contribution in [2.45, 2.75) is 12.2 Å². The van der Waals surface area contributed by atoms with Crippen LogP contribution in [-0.2, 0) is 10.5 Å². The zero-order valence-electron chi connectivity index (χ0n) is 10.3. The Balaban J connectivity index is 2.27. The predicted octanol–water partition coefficient (Wildman–Crippen LogP) is 2.56.